The topological polar surface area (TPSA) is 102 Å². The van der Waals surface area contributed by atoms with E-state index in [2.05, 4.69) is 16.3 Å². The normalized spacial score (nSPS) is 18.9. The third-order valence-corrected chi connectivity index (χ3v) is 4.89. The third-order valence-electron chi connectivity index (χ3n) is 4.89. The van der Waals surface area contributed by atoms with Gasteiger partial charge in [-0.05, 0) is 51.5 Å². The van der Waals surface area contributed by atoms with Crippen LogP contribution in [0, 0.1) is 24.1 Å². The molecule has 3 rings (SSSR count). The van der Waals surface area contributed by atoms with Gasteiger partial charge in [-0.3, -0.25) is 9.48 Å². The van der Waals surface area contributed by atoms with Gasteiger partial charge in [0.05, 0.1) is 12.0 Å². The summed E-state index contributed by atoms with van der Waals surface area (Å²) in [7, 11) is 0. The number of halogens is 1. The molecule has 164 valence electrons. The van der Waals surface area contributed by atoms with Crippen molar-refractivity contribution in [3.8, 4) is 12.3 Å². The Morgan fingerprint density at radius 3 is 2.58 bits per heavy atom. The summed E-state index contributed by atoms with van der Waals surface area (Å²) >= 11 is 0. The predicted molar refractivity (Wildman–Crippen MR) is 114 cm³/mol. The molecular weight excluding hydrogens is 401 g/mol. The predicted octanol–water partition coefficient (Wildman–Crippen LogP) is 3.30. The summed E-state index contributed by atoms with van der Waals surface area (Å²) in [4.78, 5) is 25.9. The number of hydrogen-bond donors (Lipinski definition) is 2. The highest BCUT2D eigenvalue weighted by atomic mass is 19.1. The van der Waals surface area contributed by atoms with Crippen molar-refractivity contribution in [3.63, 3.8) is 0 Å². The number of amides is 2. The number of nitrogens with zero attached hydrogens (tertiary/aromatic N) is 3. The van der Waals surface area contributed by atoms with Gasteiger partial charge in [-0.25, -0.2) is 9.18 Å². The highest BCUT2D eigenvalue weighted by Crippen LogP contribution is 2.31. The van der Waals surface area contributed by atoms with Crippen LogP contribution in [-0.4, -0.2) is 45.4 Å². The van der Waals surface area contributed by atoms with E-state index < -0.39 is 17.6 Å². The van der Waals surface area contributed by atoms with E-state index in [4.69, 9.17) is 16.9 Å². The van der Waals surface area contributed by atoms with E-state index in [1.807, 2.05) is 0 Å². The van der Waals surface area contributed by atoms with Gasteiger partial charge in [0, 0.05) is 25.0 Å². The quantitative estimate of drug-likeness (QED) is 0.729. The highest BCUT2D eigenvalue weighted by Gasteiger charge is 2.34. The van der Waals surface area contributed by atoms with E-state index in [9.17, 15) is 14.0 Å². The largest absolute Gasteiger partial charge is 0.444 e. The van der Waals surface area contributed by atoms with Crippen LogP contribution in [-0.2, 0) is 4.74 Å². The lowest BCUT2D eigenvalue weighted by Gasteiger charge is -2.37. The van der Waals surface area contributed by atoms with E-state index in [1.165, 1.54) is 24.3 Å². The fourth-order valence-corrected chi connectivity index (χ4v) is 3.42. The molecule has 0 aliphatic carbocycles. The van der Waals surface area contributed by atoms with Crippen LogP contribution in [0.3, 0.4) is 0 Å². The summed E-state index contributed by atoms with van der Waals surface area (Å²) in [6.45, 7) is 6.16. The molecule has 0 radical (unpaired) electrons. The summed E-state index contributed by atoms with van der Waals surface area (Å²) in [5, 5.41) is 7.47. The first-order chi connectivity index (χ1) is 14.6. The first-order valence-corrected chi connectivity index (χ1v) is 9.93. The van der Waals surface area contributed by atoms with Crippen LogP contribution in [0.2, 0.25) is 0 Å². The number of carbonyl (C=O) groups is 2. The van der Waals surface area contributed by atoms with Gasteiger partial charge in [0.15, 0.2) is 5.82 Å². The number of rotatable bonds is 4. The number of primary amides is 1. The summed E-state index contributed by atoms with van der Waals surface area (Å²) in [5.74, 6) is 1.62. The Bertz CT molecular complexity index is 1000. The molecule has 3 N–H and O–H groups in total. The number of ether oxygens (including phenoxy) is 1. The fraction of sp³-hybridized carbons (Fsp3) is 0.409. The summed E-state index contributed by atoms with van der Waals surface area (Å²) < 4.78 is 20.2. The third kappa shape index (κ3) is 5.34. The number of carbonyl (C=O) groups excluding carboxylic acids is 2. The van der Waals surface area contributed by atoms with Crippen LogP contribution in [0.1, 0.15) is 43.6 Å². The number of anilines is 2. The van der Waals surface area contributed by atoms with E-state index in [0.717, 1.165) is 0 Å². The molecule has 2 heterocycles. The zero-order valence-electron chi connectivity index (χ0n) is 17.8. The lowest BCUT2D eigenvalue weighted by molar-refractivity contribution is 0.0144. The van der Waals surface area contributed by atoms with E-state index in [1.54, 1.807) is 36.5 Å². The lowest BCUT2D eigenvalue weighted by Crippen LogP contribution is -2.46. The van der Waals surface area contributed by atoms with Gasteiger partial charge in [-0.15, -0.1) is 6.42 Å². The van der Waals surface area contributed by atoms with Gasteiger partial charge in [0.2, 0.25) is 0 Å². The minimum atomic E-state index is -0.653. The molecule has 2 atom stereocenters. The molecule has 8 nitrogen and oxygen atoms in total. The molecule has 31 heavy (non-hydrogen) atoms. The molecule has 2 aromatic rings. The van der Waals surface area contributed by atoms with Crippen molar-refractivity contribution in [2.24, 2.45) is 11.7 Å². The van der Waals surface area contributed by atoms with E-state index in [-0.39, 0.29) is 29.2 Å². The number of terminal acetylenes is 1. The van der Waals surface area contributed by atoms with Gasteiger partial charge < -0.3 is 20.7 Å². The number of hydrogen-bond acceptors (Lipinski definition) is 5. The first kappa shape index (κ1) is 22.2. The van der Waals surface area contributed by atoms with Crippen molar-refractivity contribution in [3.05, 3.63) is 41.8 Å². The van der Waals surface area contributed by atoms with Crippen molar-refractivity contribution in [1.29, 1.82) is 0 Å². The van der Waals surface area contributed by atoms with Crippen LogP contribution in [0.25, 0.3) is 0 Å². The van der Waals surface area contributed by atoms with Gasteiger partial charge in [-0.2, -0.15) is 5.10 Å². The Kier molecular flexibility index (Phi) is 6.20. The van der Waals surface area contributed by atoms with Crippen LogP contribution in [0.15, 0.2) is 30.5 Å². The maximum atomic E-state index is 13.2. The summed E-state index contributed by atoms with van der Waals surface area (Å²) in [6.07, 6.45) is 7.42. The molecule has 1 fully saturated rings. The summed E-state index contributed by atoms with van der Waals surface area (Å²) in [6, 6.07) is 5.42. The van der Waals surface area contributed by atoms with E-state index in [0.29, 0.717) is 25.2 Å². The van der Waals surface area contributed by atoms with Crippen molar-refractivity contribution in [2.45, 2.75) is 38.8 Å². The smallest absolute Gasteiger partial charge is 0.410 e. The Labute approximate surface area is 180 Å². The molecule has 0 bridgehead atoms. The Morgan fingerprint density at radius 1 is 1.32 bits per heavy atom. The number of nitrogens with two attached hydrogens (primary N) is 1. The van der Waals surface area contributed by atoms with Gasteiger partial charge in [0.25, 0.3) is 5.91 Å². The second-order valence-corrected chi connectivity index (χ2v) is 8.42. The molecule has 1 aliphatic rings. The number of aromatic nitrogens is 2. The minimum Gasteiger partial charge on any atom is -0.444 e. The monoisotopic (exact) mass is 427 g/mol. The molecule has 9 heteroatoms. The number of benzene rings is 1. The van der Waals surface area contributed by atoms with Crippen molar-refractivity contribution < 1.29 is 18.7 Å². The molecule has 1 aliphatic heterocycles. The summed E-state index contributed by atoms with van der Waals surface area (Å²) in [5.41, 5.74) is 5.67. The lowest BCUT2D eigenvalue weighted by atomic mass is 9.93. The minimum absolute atomic E-state index is 0.190. The maximum Gasteiger partial charge on any atom is 0.410 e. The van der Waals surface area contributed by atoms with Gasteiger partial charge in [-0.1, -0.05) is 5.92 Å². The van der Waals surface area contributed by atoms with Crippen molar-refractivity contribution >= 4 is 23.5 Å². The number of nitrogens with one attached hydrogen (secondary N) is 1. The molecule has 1 aromatic carbocycles. The average Bonchev–Trinajstić information content (AvgIpc) is 3.12. The first-order valence-electron chi connectivity index (χ1n) is 9.93. The Hall–Kier alpha value is -3.54. The standard InChI is InChI=1S/C22H26FN5O3/c1-5-14-12-27(21(30)31-22(2,3)4)11-10-18(14)28-13-17(19(24)29)20(26-28)25-16-8-6-15(23)7-9-16/h1,6-9,13-14,18H,10-12H2,2-4H3,(H2,24,29)(H,25,26)/t14-,18+/m1/s1. The zero-order valence-corrected chi connectivity index (χ0v) is 17.8. The number of piperidine rings is 1. The van der Waals surface area contributed by atoms with Crippen LogP contribution in [0.5, 0.6) is 0 Å². The van der Waals surface area contributed by atoms with E-state index >= 15 is 0 Å². The van der Waals surface area contributed by atoms with Gasteiger partial charge >= 0.3 is 6.09 Å². The van der Waals surface area contributed by atoms with Crippen LogP contribution >= 0.6 is 0 Å². The van der Waals surface area contributed by atoms with Crippen LogP contribution < -0.4 is 11.1 Å². The molecule has 0 unspecified atom stereocenters. The fourth-order valence-electron chi connectivity index (χ4n) is 3.42. The molecule has 0 spiro atoms. The SMILES string of the molecule is C#C[C@@H]1CN(C(=O)OC(C)(C)C)CC[C@@H]1n1cc(C(N)=O)c(Nc2ccc(F)cc2)n1. The Morgan fingerprint density at radius 2 is 2.00 bits per heavy atom. The Balaban J connectivity index is 1.80. The second-order valence-electron chi connectivity index (χ2n) is 8.42. The maximum absolute atomic E-state index is 13.2. The molecule has 1 aromatic heterocycles. The van der Waals surface area contributed by atoms with Gasteiger partial charge in [0.1, 0.15) is 17.0 Å². The molecular formula is C22H26FN5O3. The molecule has 1 saturated heterocycles. The number of likely N-dealkylation sites (tertiary alicyclic amines) is 1. The van der Waals surface area contributed by atoms with Crippen molar-refractivity contribution in [1.82, 2.24) is 14.7 Å². The van der Waals surface area contributed by atoms with Crippen molar-refractivity contribution in [2.75, 3.05) is 18.4 Å². The van der Waals surface area contributed by atoms with Crippen LogP contribution in [0.4, 0.5) is 20.7 Å². The highest BCUT2D eigenvalue weighted by molar-refractivity contribution is 5.98. The molecule has 2 amide bonds. The second kappa shape index (κ2) is 8.68. The molecule has 0 saturated carbocycles. The zero-order chi connectivity index (χ0) is 22.8. The average molecular weight is 427 g/mol.